The molecule has 0 unspecified atom stereocenters. The Kier molecular flexibility index (Phi) is 5.03. The average Bonchev–Trinajstić information content (AvgIpc) is 3.51. The zero-order chi connectivity index (χ0) is 23.3. The molecule has 3 aliphatic rings. The molecule has 168 valence electrons. The van der Waals surface area contributed by atoms with Crippen LogP contribution in [0.2, 0.25) is 0 Å². The minimum Gasteiger partial charge on any atom is -0.454 e. The first-order valence-corrected chi connectivity index (χ1v) is 10.8. The fourth-order valence-electron chi connectivity index (χ4n) is 5.53. The molecule has 1 saturated heterocycles. The minimum atomic E-state index is -0.796. The summed E-state index contributed by atoms with van der Waals surface area (Å²) in [7, 11) is 0. The minimum absolute atomic E-state index is 0.0557. The van der Waals surface area contributed by atoms with E-state index < -0.39 is 23.3 Å². The van der Waals surface area contributed by atoms with Crippen LogP contribution in [0.15, 0.2) is 48.5 Å². The van der Waals surface area contributed by atoms with Crippen molar-refractivity contribution in [2.45, 2.75) is 19.3 Å². The highest BCUT2D eigenvalue weighted by Crippen LogP contribution is 2.56. The van der Waals surface area contributed by atoms with E-state index in [0.717, 1.165) is 25.3 Å². The third-order valence-electron chi connectivity index (χ3n) is 6.98. The lowest BCUT2D eigenvalue weighted by Gasteiger charge is -2.19. The molecule has 0 N–H and O–H groups in total. The van der Waals surface area contributed by atoms with Gasteiger partial charge in [-0.3, -0.25) is 29.4 Å². The Bertz CT molecular complexity index is 1180. The van der Waals surface area contributed by atoms with Gasteiger partial charge in [0.15, 0.2) is 6.61 Å². The van der Waals surface area contributed by atoms with Crippen molar-refractivity contribution >= 4 is 34.9 Å². The molecule has 5 rings (SSSR count). The molecule has 0 spiro atoms. The summed E-state index contributed by atoms with van der Waals surface area (Å²) in [6, 6.07) is 11.2. The summed E-state index contributed by atoms with van der Waals surface area (Å²) in [5.41, 5.74) is 0.233. The van der Waals surface area contributed by atoms with Crippen molar-refractivity contribution in [2.24, 2.45) is 23.7 Å². The summed E-state index contributed by atoms with van der Waals surface area (Å²) >= 11 is 0. The van der Waals surface area contributed by atoms with E-state index in [2.05, 4.69) is 0 Å². The number of carbonyl (C=O) groups excluding carboxylic acids is 4. The van der Waals surface area contributed by atoms with E-state index in [-0.39, 0.29) is 52.3 Å². The molecule has 2 saturated carbocycles. The number of ether oxygens (including phenoxy) is 1. The fourth-order valence-corrected chi connectivity index (χ4v) is 5.53. The van der Waals surface area contributed by atoms with Gasteiger partial charge in [-0.1, -0.05) is 18.2 Å². The van der Waals surface area contributed by atoms with Crippen LogP contribution in [-0.2, 0) is 14.3 Å². The maximum atomic E-state index is 13.0. The number of rotatable bonds is 6. The van der Waals surface area contributed by atoms with Crippen molar-refractivity contribution in [3.63, 3.8) is 0 Å². The molecule has 0 radical (unpaired) electrons. The zero-order valence-corrected chi connectivity index (χ0v) is 17.5. The summed E-state index contributed by atoms with van der Waals surface area (Å²) in [5.74, 6) is -1.80. The van der Waals surface area contributed by atoms with Crippen LogP contribution in [0.3, 0.4) is 0 Å². The monoisotopic (exact) mass is 448 g/mol. The Morgan fingerprint density at radius 3 is 2.27 bits per heavy atom. The lowest BCUT2D eigenvalue weighted by molar-refractivity contribution is -0.384. The number of nitrogens with zero attached hydrogens (tertiary/aromatic N) is 2. The fraction of sp³-hybridized carbons (Fsp3) is 0.333. The first-order chi connectivity index (χ1) is 15.8. The number of benzene rings is 2. The highest BCUT2D eigenvalue weighted by molar-refractivity contribution is 6.22. The van der Waals surface area contributed by atoms with Crippen LogP contribution in [0.25, 0.3) is 0 Å². The molecule has 2 aromatic carbocycles. The molecule has 2 aromatic rings. The highest BCUT2D eigenvalue weighted by atomic mass is 16.6. The number of nitro groups is 1. The van der Waals surface area contributed by atoms with Crippen molar-refractivity contribution < 1.29 is 28.8 Å². The van der Waals surface area contributed by atoms with Gasteiger partial charge in [0.05, 0.1) is 28.0 Å². The van der Waals surface area contributed by atoms with Gasteiger partial charge in [-0.25, -0.2) is 4.79 Å². The maximum Gasteiger partial charge on any atom is 0.338 e. The van der Waals surface area contributed by atoms with Crippen LogP contribution in [0.1, 0.15) is 40.0 Å². The molecule has 2 aliphatic carbocycles. The average molecular weight is 448 g/mol. The van der Waals surface area contributed by atoms with Crippen molar-refractivity contribution in [2.75, 3.05) is 11.5 Å². The van der Waals surface area contributed by atoms with Crippen molar-refractivity contribution in [1.82, 2.24) is 0 Å². The molecule has 3 fully saturated rings. The second kappa shape index (κ2) is 7.91. The quantitative estimate of drug-likeness (QED) is 0.219. The summed E-state index contributed by atoms with van der Waals surface area (Å²) < 4.78 is 5.09. The maximum absolute atomic E-state index is 13.0. The molecule has 1 aliphatic heterocycles. The number of nitro benzene ring substituents is 1. The molecule has 2 amide bonds. The molecule has 1 heterocycles. The van der Waals surface area contributed by atoms with E-state index in [1.807, 2.05) is 0 Å². The number of non-ortho nitro benzene ring substituents is 1. The molecule has 0 aromatic heterocycles. The number of Topliss-reactive ketones (excluding diaryl/α,β-unsaturated/α-hetero) is 1. The zero-order valence-electron chi connectivity index (χ0n) is 17.5. The van der Waals surface area contributed by atoms with Gasteiger partial charge >= 0.3 is 5.97 Å². The van der Waals surface area contributed by atoms with Crippen molar-refractivity contribution in [3.05, 3.63) is 69.8 Å². The Morgan fingerprint density at radius 1 is 0.970 bits per heavy atom. The van der Waals surface area contributed by atoms with E-state index in [1.165, 1.54) is 35.2 Å². The number of esters is 1. The van der Waals surface area contributed by atoms with Gasteiger partial charge in [0, 0.05) is 17.7 Å². The summed E-state index contributed by atoms with van der Waals surface area (Å²) in [5, 5.41) is 10.9. The molecule has 9 nitrogen and oxygen atoms in total. The van der Waals surface area contributed by atoms with Crippen LogP contribution >= 0.6 is 0 Å². The molecular weight excluding hydrogens is 428 g/mol. The summed E-state index contributed by atoms with van der Waals surface area (Å²) in [6.07, 6.45) is 2.89. The van der Waals surface area contributed by atoms with E-state index in [0.29, 0.717) is 5.69 Å². The molecule has 9 heteroatoms. The molecule has 4 atom stereocenters. The number of ketones is 1. The van der Waals surface area contributed by atoms with Gasteiger partial charge in [-0.05, 0) is 49.3 Å². The predicted octanol–water partition coefficient (Wildman–Crippen LogP) is 3.17. The SMILES string of the molecule is O=C(COC(=O)c1cccc(N2C(=O)[C@H]3[C@@H]4CC[C@@H](C4)[C@@H]3C2=O)c1)c1cccc([N+](=O)[O-])c1. The first kappa shape index (κ1) is 21.0. The number of hydrogen-bond acceptors (Lipinski definition) is 7. The van der Waals surface area contributed by atoms with E-state index in [9.17, 15) is 29.3 Å². The largest absolute Gasteiger partial charge is 0.454 e. The van der Waals surface area contributed by atoms with E-state index in [1.54, 1.807) is 12.1 Å². The third kappa shape index (κ3) is 3.49. The van der Waals surface area contributed by atoms with Gasteiger partial charge in [0.25, 0.3) is 5.69 Å². The van der Waals surface area contributed by atoms with Gasteiger partial charge < -0.3 is 4.74 Å². The molecule has 33 heavy (non-hydrogen) atoms. The molecule has 2 bridgehead atoms. The molecular formula is C24H20N2O7. The van der Waals surface area contributed by atoms with E-state index >= 15 is 0 Å². The van der Waals surface area contributed by atoms with Gasteiger partial charge in [0.2, 0.25) is 17.6 Å². The van der Waals surface area contributed by atoms with Crippen LogP contribution in [0, 0.1) is 33.8 Å². The van der Waals surface area contributed by atoms with Crippen LogP contribution in [-0.4, -0.2) is 35.1 Å². The van der Waals surface area contributed by atoms with Gasteiger partial charge in [-0.2, -0.15) is 0 Å². The normalized spacial score (nSPS) is 25.3. The Morgan fingerprint density at radius 2 is 1.61 bits per heavy atom. The number of anilines is 1. The second-order valence-electron chi connectivity index (χ2n) is 8.75. The van der Waals surface area contributed by atoms with Crippen LogP contribution in [0.5, 0.6) is 0 Å². The number of carbonyl (C=O) groups is 4. The standard InChI is InChI=1S/C24H20N2O7/c27-19(13-3-1-6-18(10-13)26(31)32)12-33-24(30)16-4-2-5-17(11-16)25-22(28)20-14-7-8-15(9-14)21(20)23(25)29/h1-6,10-11,14-15,20-21H,7-9,12H2/t14-,15+,20-,21-/m0/s1. The van der Waals surface area contributed by atoms with Gasteiger partial charge in [0.1, 0.15) is 0 Å². The number of hydrogen-bond donors (Lipinski definition) is 0. The second-order valence-corrected chi connectivity index (χ2v) is 8.75. The Hall–Kier alpha value is -3.88. The summed E-state index contributed by atoms with van der Waals surface area (Å²) in [6.45, 7) is -0.598. The van der Waals surface area contributed by atoms with Crippen LogP contribution < -0.4 is 4.90 Å². The predicted molar refractivity (Wildman–Crippen MR) is 114 cm³/mol. The van der Waals surface area contributed by atoms with E-state index in [4.69, 9.17) is 4.74 Å². The van der Waals surface area contributed by atoms with Crippen molar-refractivity contribution in [3.8, 4) is 0 Å². The number of amides is 2. The van der Waals surface area contributed by atoms with Crippen molar-refractivity contribution in [1.29, 1.82) is 0 Å². The highest BCUT2D eigenvalue weighted by Gasteiger charge is 2.61. The number of fused-ring (bicyclic) bond motifs is 5. The summed E-state index contributed by atoms with van der Waals surface area (Å²) in [4.78, 5) is 62.3. The third-order valence-corrected chi connectivity index (χ3v) is 6.98. The first-order valence-electron chi connectivity index (χ1n) is 10.8. The topological polar surface area (TPSA) is 124 Å². The Balaban J connectivity index is 1.29. The smallest absolute Gasteiger partial charge is 0.338 e. The lowest BCUT2D eigenvalue weighted by atomic mass is 9.81. The van der Waals surface area contributed by atoms with Crippen LogP contribution in [0.4, 0.5) is 11.4 Å². The van der Waals surface area contributed by atoms with Gasteiger partial charge in [-0.15, -0.1) is 0 Å². The number of imide groups is 1. The lowest BCUT2D eigenvalue weighted by Crippen LogP contribution is -2.32. The Labute approximate surface area is 188 Å².